The minimum Gasteiger partial charge on any atom is -0.387 e. The Labute approximate surface area is 77.0 Å². The first-order valence-corrected chi connectivity index (χ1v) is 4.31. The van der Waals surface area contributed by atoms with Gasteiger partial charge in [-0.2, -0.15) is 0 Å². The zero-order valence-electron chi connectivity index (χ0n) is 7.80. The van der Waals surface area contributed by atoms with Gasteiger partial charge in [-0.3, -0.25) is 4.99 Å². The van der Waals surface area contributed by atoms with Gasteiger partial charge in [0.15, 0.2) is 0 Å². The van der Waals surface area contributed by atoms with Crippen molar-refractivity contribution in [2.24, 2.45) is 10.7 Å². The van der Waals surface area contributed by atoms with Gasteiger partial charge in [-0.05, 0) is 6.42 Å². The number of hydrogen-bond donors (Lipinski definition) is 1. The summed E-state index contributed by atoms with van der Waals surface area (Å²) in [6.45, 7) is 2.36. The molecule has 0 aliphatic heterocycles. The molecule has 13 heavy (non-hydrogen) atoms. The van der Waals surface area contributed by atoms with Crippen LogP contribution in [-0.2, 0) is 4.74 Å². The third-order valence-corrected chi connectivity index (χ3v) is 1.28. The smallest absolute Gasteiger partial charge is 0.261 e. The monoisotopic (exact) mass is 194 g/mol. The summed E-state index contributed by atoms with van der Waals surface area (Å²) >= 11 is 0. The molecule has 0 radical (unpaired) electrons. The van der Waals surface area contributed by atoms with Crippen molar-refractivity contribution in [1.82, 2.24) is 0 Å². The highest BCUT2D eigenvalue weighted by atomic mass is 19.3. The lowest BCUT2D eigenvalue weighted by atomic mass is 10.4. The molecule has 0 aliphatic carbocycles. The minimum atomic E-state index is -2.41. The highest BCUT2D eigenvalue weighted by Crippen LogP contribution is 1.93. The molecule has 0 bridgehead atoms. The van der Waals surface area contributed by atoms with E-state index in [1.165, 1.54) is 0 Å². The van der Waals surface area contributed by atoms with Gasteiger partial charge in [0.1, 0.15) is 6.61 Å². The molecule has 0 atom stereocenters. The van der Waals surface area contributed by atoms with Gasteiger partial charge < -0.3 is 10.5 Å². The van der Waals surface area contributed by atoms with Crippen LogP contribution in [0.15, 0.2) is 4.99 Å². The fourth-order valence-electron chi connectivity index (χ4n) is 0.684. The third-order valence-electron chi connectivity index (χ3n) is 1.28. The second-order valence-corrected chi connectivity index (χ2v) is 2.59. The Morgan fingerprint density at radius 3 is 2.77 bits per heavy atom. The van der Waals surface area contributed by atoms with Gasteiger partial charge in [-0.15, -0.1) is 0 Å². The van der Waals surface area contributed by atoms with Crippen molar-refractivity contribution in [1.29, 1.82) is 0 Å². The Morgan fingerprint density at radius 1 is 1.54 bits per heavy atom. The summed E-state index contributed by atoms with van der Waals surface area (Å²) in [4.78, 5) is 3.99. The van der Waals surface area contributed by atoms with Crippen molar-refractivity contribution in [3.05, 3.63) is 0 Å². The third kappa shape index (κ3) is 9.20. The predicted molar refractivity (Wildman–Crippen MR) is 48.2 cm³/mol. The molecular weight excluding hydrogens is 178 g/mol. The highest BCUT2D eigenvalue weighted by Gasteiger charge is 2.01. The standard InChI is InChI=1S/C8H16F2N2O/c1-2-4-12-8(11)3-5-13-6-7(9)10/h7H,2-6H2,1H3,(H2,11,12). The molecule has 0 heterocycles. The van der Waals surface area contributed by atoms with Crippen LogP contribution in [0.1, 0.15) is 19.8 Å². The Balaban J connectivity index is 3.31. The lowest BCUT2D eigenvalue weighted by molar-refractivity contribution is 0.0201. The molecule has 0 saturated carbocycles. The summed E-state index contributed by atoms with van der Waals surface area (Å²) in [5.41, 5.74) is 5.46. The van der Waals surface area contributed by atoms with Crippen LogP contribution in [0.4, 0.5) is 8.78 Å². The van der Waals surface area contributed by atoms with E-state index in [-0.39, 0.29) is 6.61 Å². The van der Waals surface area contributed by atoms with Crippen LogP contribution >= 0.6 is 0 Å². The molecule has 0 aromatic heterocycles. The SMILES string of the molecule is CCCN=C(N)CCOCC(F)F. The number of amidine groups is 1. The molecule has 5 heteroatoms. The van der Waals surface area contributed by atoms with E-state index in [4.69, 9.17) is 5.73 Å². The van der Waals surface area contributed by atoms with Gasteiger partial charge in [0.2, 0.25) is 0 Å². The molecule has 2 N–H and O–H groups in total. The number of aliphatic imine (C=N–C) groups is 1. The largest absolute Gasteiger partial charge is 0.387 e. The van der Waals surface area contributed by atoms with Crippen molar-refractivity contribution in [2.45, 2.75) is 26.2 Å². The highest BCUT2D eigenvalue weighted by molar-refractivity contribution is 5.80. The second-order valence-electron chi connectivity index (χ2n) is 2.59. The van der Waals surface area contributed by atoms with Crippen molar-refractivity contribution >= 4 is 5.84 Å². The lowest BCUT2D eigenvalue weighted by Crippen LogP contribution is -2.16. The van der Waals surface area contributed by atoms with Gasteiger partial charge in [0.05, 0.1) is 12.4 Å². The van der Waals surface area contributed by atoms with E-state index < -0.39 is 13.0 Å². The Morgan fingerprint density at radius 2 is 2.23 bits per heavy atom. The number of halogens is 2. The lowest BCUT2D eigenvalue weighted by Gasteiger charge is -2.02. The van der Waals surface area contributed by atoms with Gasteiger partial charge in [0, 0.05) is 13.0 Å². The zero-order chi connectivity index (χ0) is 10.1. The summed E-state index contributed by atoms with van der Waals surface area (Å²) < 4.78 is 27.8. The molecule has 0 aromatic carbocycles. The topological polar surface area (TPSA) is 47.6 Å². The number of ether oxygens (including phenoxy) is 1. The molecule has 0 aromatic rings. The van der Waals surface area contributed by atoms with Crippen molar-refractivity contribution in [3.8, 4) is 0 Å². The number of alkyl halides is 2. The summed E-state index contributed by atoms with van der Waals surface area (Å²) in [5, 5.41) is 0. The fourth-order valence-corrected chi connectivity index (χ4v) is 0.684. The van der Waals surface area contributed by atoms with E-state index in [2.05, 4.69) is 9.73 Å². The quantitative estimate of drug-likeness (QED) is 0.378. The number of rotatable bonds is 7. The van der Waals surface area contributed by atoms with Crippen LogP contribution in [0.3, 0.4) is 0 Å². The van der Waals surface area contributed by atoms with E-state index in [9.17, 15) is 8.78 Å². The summed E-state index contributed by atoms with van der Waals surface area (Å²) in [6.07, 6.45) is -1.06. The van der Waals surface area contributed by atoms with E-state index >= 15 is 0 Å². The molecule has 78 valence electrons. The van der Waals surface area contributed by atoms with Crippen molar-refractivity contribution in [3.63, 3.8) is 0 Å². The maximum Gasteiger partial charge on any atom is 0.261 e. The normalized spacial score (nSPS) is 12.5. The Hall–Kier alpha value is -0.710. The van der Waals surface area contributed by atoms with Crippen LogP contribution in [0.2, 0.25) is 0 Å². The fraction of sp³-hybridized carbons (Fsp3) is 0.875. The first kappa shape index (κ1) is 12.3. The van der Waals surface area contributed by atoms with E-state index in [0.29, 0.717) is 18.8 Å². The maximum absolute atomic E-state index is 11.6. The van der Waals surface area contributed by atoms with E-state index in [0.717, 1.165) is 6.42 Å². The number of nitrogens with two attached hydrogens (primary N) is 1. The number of nitrogens with zero attached hydrogens (tertiary/aromatic N) is 1. The summed E-state index contributed by atoms with van der Waals surface area (Å²) in [7, 11) is 0. The van der Waals surface area contributed by atoms with E-state index in [1.54, 1.807) is 0 Å². The molecule has 0 unspecified atom stereocenters. The average molecular weight is 194 g/mol. The maximum atomic E-state index is 11.6. The first-order chi connectivity index (χ1) is 6.16. The molecule has 3 nitrogen and oxygen atoms in total. The Kier molecular flexibility index (Phi) is 7.48. The molecule has 0 amide bonds. The van der Waals surface area contributed by atoms with Gasteiger partial charge in [-0.1, -0.05) is 6.92 Å². The summed E-state index contributed by atoms with van der Waals surface area (Å²) in [5.74, 6) is 0.469. The van der Waals surface area contributed by atoms with Crippen LogP contribution in [-0.4, -0.2) is 32.0 Å². The Bertz CT molecular complexity index is 151. The molecule has 0 aliphatic rings. The van der Waals surface area contributed by atoms with Crippen LogP contribution in [0.5, 0.6) is 0 Å². The first-order valence-electron chi connectivity index (χ1n) is 4.31. The minimum absolute atomic E-state index is 0.212. The van der Waals surface area contributed by atoms with Gasteiger partial charge in [-0.25, -0.2) is 8.78 Å². The van der Waals surface area contributed by atoms with Crippen LogP contribution < -0.4 is 5.73 Å². The molecular formula is C8H16F2N2O. The van der Waals surface area contributed by atoms with Crippen molar-refractivity contribution < 1.29 is 13.5 Å². The van der Waals surface area contributed by atoms with Crippen molar-refractivity contribution in [2.75, 3.05) is 19.8 Å². The average Bonchev–Trinajstić information content (AvgIpc) is 2.08. The molecule has 0 fully saturated rings. The zero-order valence-corrected chi connectivity index (χ0v) is 7.80. The summed E-state index contributed by atoms with van der Waals surface area (Å²) in [6, 6.07) is 0. The molecule has 0 spiro atoms. The number of hydrogen-bond acceptors (Lipinski definition) is 2. The van der Waals surface area contributed by atoms with Crippen LogP contribution in [0.25, 0.3) is 0 Å². The van der Waals surface area contributed by atoms with Crippen LogP contribution in [0, 0.1) is 0 Å². The van der Waals surface area contributed by atoms with E-state index in [1.807, 2.05) is 6.92 Å². The molecule has 0 rings (SSSR count). The molecule has 0 saturated heterocycles. The van der Waals surface area contributed by atoms with Gasteiger partial charge in [0.25, 0.3) is 6.43 Å². The predicted octanol–water partition coefficient (Wildman–Crippen LogP) is 1.43. The second kappa shape index (κ2) is 7.91. The van der Waals surface area contributed by atoms with Gasteiger partial charge >= 0.3 is 0 Å².